The lowest BCUT2D eigenvalue weighted by Crippen LogP contribution is -2.34. The number of nitrogens with zero attached hydrogens (tertiary/aromatic N) is 1. The van der Waals surface area contributed by atoms with E-state index in [0.717, 1.165) is 17.5 Å². The summed E-state index contributed by atoms with van der Waals surface area (Å²) >= 11 is 0. The first kappa shape index (κ1) is 12.7. The number of benzene rings is 1. The number of aromatic amines is 1. The van der Waals surface area contributed by atoms with E-state index in [1.54, 1.807) is 0 Å². The fraction of sp³-hybridized carbons (Fsp3) is 0.562. The van der Waals surface area contributed by atoms with Gasteiger partial charge in [-0.1, -0.05) is 18.9 Å². The Morgan fingerprint density at radius 2 is 2.05 bits per heavy atom. The summed E-state index contributed by atoms with van der Waals surface area (Å²) in [5.74, 6) is 1.82. The normalized spacial score (nSPS) is 17.4. The third kappa shape index (κ3) is 2.81. The van der Waals surface area contributed by atoms with Gasteiger partial charge < -0.3 is 10.7 Å². The fourth-order valence-corrected chi connectivity index (χ4v) is 3.11. The van der Waals surface area contributed by atoms with Crippen LogP contribution in [0.1, 0.15) is 56.8 Å². The zero-order chi connectivity index (χ0) is 13.5. The molecule has 1 aromatic heterocycles. The van der Waals surface area contributed by atoms with Gasteiger partial charge in [0.1, 0.15) is 5.82 Å². The third-order valence-electron chi connectivity index (χ3n) is 3.97. The van der Waals surface area contributed by atoms with Gasteiger partial charge in [0.25, 0.3) is 0 Å². The smallest absolute Gasteiger partial charge is 0.110 e. The first-order valence-electron chi connectivity index (χ1n) is 7.29. The van der Waals surface area contributed by atoms with E-state index < -0.39 is 0 Å². The maximum atomic E-state index is 6.09. The van der Waals surface area contributed by atoms with E-state index in [9.17, 15) is 0 Å². The van der Waals surface area contributed by atoms with Crippen LogP contribution in [-0.4, -0.2) is 15.5 Å². The molecular formula is C16H23N3. The van der Waals surface area contributed by atoms with Gasteiger partial charge in [0.2, 0.25) is 0 Å². The number of aromatic nitrogens is 2. The molecule has 1 aliphatic rings. The van der Waals surface area contributed by atoms with Gasteiger partial charge in [0.15, 0.2) is 0 Å². The van der Waals surface area contributed by atoms with Crippen molar-refractivity contribution in [3.8, 4) is 0 Å². The minimum Gasteiger partial charge on any atom is -0.342 e. The van der Waals surface area contributed by atoms with Crippen molar-refractivity contribution >= 4 is 11.0 Å². The minimum atomic E-state index is -0.165. The number of hydrogen-bond acceptors (Lipinski definition) is 2. The molecule has 1 aliphatic carbocycles. The van der Waals surface area contributed by atoms with E-state index in [1.165, 1.54) is 37.1 Å². The van der Waals surface area contributed by atoms with Crippen LogP contribution in [0.4, 0.5) is 0 Å². The van der Waals surface area contributed by atoms with E-state index in [0.29, 0.717) is 5.92 Å². The second-order valence-electron chi connectivity index (χ2n) is 6.62. The van der Waals surface area contributed by atoms with Gasteiger partial charge in [-0.2, -0.15) is 0 Å². The quantitative estimate of drug-likeness (QED) is 0.884. The van der Waals surface area contributed by atoms with Crippen molar-refractivity contribution in [1.82, 2.24) is 9.97 Å². The van der Waals surface area contributed by atoms with Gasteiger partial charge >= 0.3 is 0 Å². The topological polar surface area (TPSA) is 54.7 Å². The van der Waals surface area contributed by atoms with Crippen LogP contribution in [0.25, 0.3) is 11.0 Å². The Balaban J connectivity index is 1.90. The first-order chi connectivity index (χ1) is 9.01. The van der Waals surface area contributed by atoms with Crippen LogP contribution in [0.2, 0.25) is 0 Å². The van der Waals surface area contributed by atoms with Crippen molar-refractivity contribution in [3.05, 3.63) is 29.6 Å². The predicted octanol–water partition coefficient (Wildman–Crippen LogP) is 3.50. The second kappa shape index (κ2) is 4.64. The van der Waals surface area contributed by atoms with Crippen LogP contribution in [0.5, 0.6) is 0 Å². The molecule has 19 heavy (non-hydrogen) atoms. The van der Waals surface area contributed by atoms with Gasteiger partial charge in [-0.3, -0.25) is 0 Å². The monoisotopic (exact) mass is 257 g/mol. The standard InChI is InChI=1S/C16H23N3/c1-16(2,17)10-11-7-8-13-14(9-11)19-15(18-13)12-5-3-4-6-12/h7-9,12H,3-6,10,17H2,1-2H3,(H,18,19). The lowest BCUT2D eigenvalue weighted by atomic mass is 9.96. The van der Waals surface area contributed by atoms with Crippen LogP contribution in [0.3, 0.4) is 0 Å². The van der Waals surface area contributed by atoms with Crippen molar-refractivity contribution in [1.29, 1.82) is 0 Å². The molecule has 0 radical (unpaired) electrons. The second-order valence-corrected chi connectivity index (χ2v) is 6.62. The summed E-state index contributed by atoms with van der Waals surface area (Å²) < 4.78 is 0. The average molecular weight is 257 g/mol. The van der Waals surface area contributed by atoms with Crippen molar-refractivity contribution in [2.45, 2.75) is 57.4 Å². The molecule has 1 saturated carbocycles. The van der Waals surface area contributed by atoms with Crippen LogP contribution in [0.15, 0.2) is 18.2 Å². The number of rotatable bonds is 3. The highest BCUT2D eigenvalue weighted by molar-refractivity contribution is 5.76. The van der Waals surface area contributed by atoms with E-state index in [2.05, 4.69) is 37.0 Å². The fourth-order valence-electron chi connectivity index (χ4n) is 3.11. The highest BCUT2D eigenvalue weighted by Gasteiger charge is 2.20. The summed E-state index contributed by atoms with van der Waals surface area (Å²) in [6, 6.07) is 6.47. The van der Waals surface area contributed by atoms with Gasteiger partial charge in [0.05, 0.1) is 11.0 Å². The predicted molar refractivity (Wildman–Crippen MR) is 79.3 cm³/mol. The highest BCUT2D eigenvalue weighted by atomic mass is 14.9. The lowest BCUT2D eigenvalue weighted by Gasteiger charge is -2.18. The molecule has 0 bridgehead atoms. The molecule has 0 amide bonds. The van der Waals surface area contributed by atoms with Crippen molar-refractivity contribution in [2.24, 2.45) is 5.73 Å². The van der Waals surface area contributed by atoms with Gasteiger partial charge in [-0.25, -0.2) is 4.98 Å². The summed E-state index contributed by atoms with van der Waals surface area (Å²) in [4.78, 5) is 8.26. The zero-order valence-corrected chi connectivity index (χ0v) is 11.9. The SMILES string of the molecule is CC(C)(N)Cc1ccc2nc(C3CCCC3)[nH]c2c1. The summed E-state index contributed by atoms with van der Waals surface area (Å²) in [5, 5.41) is 0. The number of nitrogens with one attached hydrogen (secondary N) is 1. The first-order valence-corrected chi connectivity index (χ1v) is 7.29. The molecule has 1 fully saturated rings. The lowest BCUT2D eigenvalue weighted by molar-refractivity contribution is 0.517. The Bertz CT molecular complexity index is 571. The maximum Gasteiger partial charge on any atom is 0.110 e. The third-order valence-corrected chi connectivity index (χ3v) is 3.97. The Kier molecular flexibility index (Phi) is 3.09. The number of H-pyrrole nitrogens is 1. The molecule has 0 aliphatic heterocycles. The summed E-state index contributed by atoms with van der Waals surface area (Å²) in [6.45, 7) is 4.13. The Hall–Kier alpha value is -1.35. The van der Waals surface area contributed by atoms with E-state index in [1.807, 2.05) is 0 Å². The van der Waals surface area contributed by atoms with Crippen molar-refractivity contribution in [2.75, 3.05) is 0 Å². The van der Waals surface area contributed by atoms with Gasteiger partial charge in [-0.15, -0.1) is 0 Å². The number of imidazole rings is 1. The average Bonchev–Trinajstić information content (AvgIpc) is 2.94. The molecule has 1 heterocycles. The summed E-state index contributed by atoms with van der Waals surface area (Å²) in [6.07, 6.45) is 6.13. The Morgan fingerprint density at radius 3 is 2.74 bits per heavy atom. The van der Waals surface area contributed by atoms with Gasteiger partial charge in [0, 0.05) is 11.5 Å². The Morgan fingerprint density at radius 1 is 1.32 bits per heavy atom. The van der Waals surface area contributed by atoms with Crippen LogP contribution in [-0.2, 0) is 6.42 Å². The Labute approximate surface area is 114 Å². The molecule has 0 saturated heterocycles. The molecular weight excluding hydrogens is 234 g/mol. The molecule has 3 nitrogen and oxygen atoms in total. The molecule has 2 aromatic rings. The molecule has 0 unspecified atom stereocenters. The van der Waals surface area contributed by atoms with Crippen molar-refractivity contribution < 1.29 is 0 Å². The van der Waals surface area contributed by atoms with E-state index in [4.69, 9.17) is 10.7 Å². The maximum absolute atomic E-state index is 6.09. The summed E-state index contributed by atoms with van der Waals surface area (Å²) in [5.41, 5.74) is 9.44. The van der Waals surface area contributed by atoms with Crippen LogP contribution in [0, 0.1) is 0 Å². The van der Waals surface area contributed by atoms with Gasteiger partial charge in [-0.05, 0) is 50.8 Å². The molecule has 3 N–H and O–H groups in total. The zero-order valence-electron chi connectivity index (χ0n) is 11.9. The van der Waals surface area contributed by atoms with Crippen LogP contribution >= 0.6 is 0 Å². The number of hydrogen-bond donors (Lipinski definition) is 2. The minimum absolute atomic E-state index is 0.165. The molecule has 0 atom stereocenters. The molecule has 102 valence electrons. The van der Waals surface area contributed by atoms with Crippen molar-refractivity contribution in [3.63, 3.8) is 0 Å². The van der Waals surface area contributed by atoms with E-state index in [-0.39, 0.29) is 5.54 Å². The molecule has 3 heteroatoms. The van der Waals surface area contributed by atoms with Crippen LogP contribution < -0.4 is 5.73 Å². The highest BCUT2D eigenvalue weighted by Crippen LogP contribution is 2.33. The van der Waals surface area contributed by atoms with E-state index >= 15 is 0 Å². The number of fused-ring (bicyclic) bond motifs is 1. The summed E-state index contributed by atoms with van der Waals surface area (Å²) in [7, 11) is 0. The molecule has 3 rings (SSSR count). The molecule has 0 spiro atoms. The number of nitrogens with two attached hydrogens (primary N) is 1. The molecule has 1 aromatic carbocycles. The largest absolute Gasteiger partial charge is 0.342 e.